The summed E-state index contributed by atoms with van der Waals surface area (Å²) in [6.45, 7) is 5.84. The maximum absolute atomic E-state index is 5.38. The Hall–Kier alpha value is -2.18. The van der Waals surface area contributed by atoms with Crippen LogP contribution in [0.1, 0.15) is 24.5 Å². The van der Waals surface area contributed by atoms with Gasteiger partial charge in [-0.1, -0.05) is 24.3 Å². The van der Waals surface area contributed by atoms with Crippen molar-refractivity contribution in [2.45, 2.75) is 18.8 Å². The van der Waals surface area contributed by atoms with E-state index in [1.807, 2.05) is 22.8 Å². The quantitative estimate of drug-likeness (QED) is 0.820. The Bertz CT molecular complexity index is 760. The number of morpholine rings is 1. The summed E-state index contributed by atoms with van der Waals surface area (Å²) >= 11 is 0. The summed E-state index contributed by atoms with van der Waals surface area (Å²) in [4.78, 5) is 6.95. The van der Waals surface area contributed by atoms with E-state index in [-0.39, 0.29) is 0 Å². The van der Waals surface area contributed by atoms with Crippen molar-refractivity contribution in [3.05, 3.63) is 48.3 Å². The van der Waals surface area contributed by atoms with E-state index in [2.05, 4.69) is 39.5 Å². The van der Waals surface area contributed by atoms with Crippen molar-refractivity contribution < 1.29 is 4.74 Å². The van der Waals surface area contributed by atoms with Crippen molar-refractivity contribution in [1.82, 2.24) is 19.5 Å². The van der Waals surface area contributed by atoms with Crippen molar-refractivity contribution in [1.29, 1.82) is 0 Å². The fourth-order valence-corrected chi connectivity index (χ4v) is 3.38. The SMILES string of the molecule is C1=CCC(c2cnc3ccc(NCCCN4CCOCC4)nn23)C=C1. The molecular weight excluding hydrogens is 314 g/mol. The van der Waals surface area contributed by atoms with Crippen LogP contribution >= 0.6 is 0 Å². The van der Waals surface area contributed by atoms with Crippen LogP contribution in [-0.2, 0) is 4.74 Å². The summed E-state index contributed by atoms with van der Waals surface area (Å²) in [6.07, 6.45) is 12.6. The van der Waals surface area contributed by atoms with Crippen LogP contribution in [0.4, 0.5) is 5.82 Å². The van der Waals surface area contributed by atoms with E-state index in [1.165, 1.54) is 0 Å². The lowest BCUT2D eigenvalue weighted by molar-refractivity contribution is 0.0378. The topological polar surface area (TPSA) is 54.7 Å². The highest BCUT2D eigenvalue weighted by Crippen LogP contribution is 2.25. The standard InChI is InChI=1S/C19H25N5O/c1-2-5-16(6-3-1)17-15-21-19-8-7-18(22-24(17)19)20-9-4-10-23-11-13-25-14-12-23/h1-3,5,7-8,15-16H,4,6,9-14H2,(H,20,22). The Morgan fingerprint density at radius 1 is 1.20 bits per heavy atom. The van der Waals surface area contributed by atoms with Gasteiger partial charge in [-0.2, -0.15) is 0 Å². The van der Waals surface area contributed by atoms with Crippen LogP contribution in [0.15, 0.2) is 42.6 Å². The number of nitrogens with one attached hydrogen (secondary N) is 1. The van der Waals surface area contributed by atoms with E-state index in [4.69, 9.17) is 9.84 Å². The second-order valence-electron chi connectivity index (χ2n) is 6.56. The van der Waals surface area contributed by atoms with Crippen LogP contribution in [0.25, 0.3) is 5.65 Å². The number of rotatable bonds is 6. The minimum atomic E-state index is 0.351. The van der Waals surface area contributed by atoms with Gasteiger partial charge >= 0.3 is 0 Å². The molecule has 6 nitrogen and oxygen atoms in total. The molecule has 1 atom stereocenters. The third-order valence-corrected chi connectivity index (χ3v) is 4.81. The van der Waals surface area contributed by atoms with Crippen molar-refractivity contribution in [3.8, 4) is 0 Å². The van der Waals surface area contributed by atoms with Crippen LogP contribution in [0.3, 0.4) is 0 Å². The molecule has 132 valence electrons. The summed E-state index contributed by atoms with van der Waals surface area (Å²) in [7, 11) is 0. The highest BCUT2D eigenvalue weighted by atomic mass is 16.5. The first-order chi connectivity index (χ1) is 12.4. The molecule has 6 heteroatoms. The highest BCUT2D eigenvalue weighted by molar-refractivity contribution is 5.46. The van der Waals surface area contributed by atoms with Crippen molar-refractivity contribution in [3.63, 3.8) is 0 Å². The van der Waals surface area contributed by atoms with Crippen molar-refractivity contribution >= 4 is 11.5 Å². The number of hydrogen-bond donors (Lipinski definition) is 1. The molecule has 2 aromatic heterocycles. The molecular formula is C19H25N5O. The first-order valence-electron chi connectivity index (χ1n) is 9.12. The molecule has 1 fully saturated rings. The van der Waals surface area contributed by atoms with Gasteiger partial charge < -0.3 is 10.1 Å². The first-order valence-corrected chi connectivity index (χ1v) is 9.12. The van der Waals surface area contributed by atoms with Crippen molar-refractivity contribution in [2.75, 3.05) is 44.7 Å². The van der Waals surface area contributed by atoms with Crippen LogP contribution in [0.2, 0.25) is 0 Å². The van der Waals surface area contributed by atoms with Gasteiger partial charge in [0.2, 0.25) is 0 Å². The summed E-state index contributed by atoms with van der Waals surface area (Å²) in [5, 5.41) is 8.19. The van der Waals surface area contributed by atoms with Crippen LogP contribution in [0, 0.1) is 0 Å². The van der Waals surface area contributed by atoms with Gasteiger partial charge in [-0.3, -0.25) is 4.90 Å². The predicted octanol–water partition coefficient (Wildman–Crippen LogP) is 2.46. The Balaban J connectivity index is 1.37. The Kier molecular flexibility index (Phi) is 5.09. The second-order valence-corrected chi connectivity index (χ2v) is 6.56. The molecule has 3 heterocycles. The van der Waals surface area contributed by atoms with Crippen molar-refractivity contribution in [2.24, 2.45) is 0 Å². The molecule has 2 aliphatic rings. The molecule has 1 aliphatic carbocycles. The molecule has 2 aromatic rings. The Morgan fingerprint density at radius 2 is 2.12 bits per heavy atom. The molecule has 0 radical (unpaired) electrons. The molecule has 0 saturated carbocycles. The third kappa shape index (κ3) is 3.91. The van der Waals surface area contributed by atoms with Gasteiger partial charge in [0.15, 0.2) is 5.65 Å². The summed E-state index contributed by atoms with van der Waals surface area (Å²) < 4.78 is 7.36. The number of ether oxygens (including phenoxy) is 1. The number of aromatic nitrogens is 3. The third-order valence-electron chi connectivity index (χ3n) is 4.81. The lowest BCUT2D eigenvalue weighted by atomic mass is 9.98. The smallest absolute Gasteiger partial charge is 0.153 e. The van der Waals surface area contributed by atoms with Gasteiger partial charge in [0, 0.05) is 25.6 Å². The highest BCUT2D eigenvalue weighted by Gasteiger charge is 2.15. The summed E-state index contributed by atoms with van der Waals surface area (Å²) in [5.74, 6) is 1.26. The van der Waals surface area contributed by atoms with E-state index in [1.54, 1.807) is 0 Å². The van der Waals surface area contributed by atoms with Crippen LogP contribution < -0.4 is 5.32 Å². The molecule has 0 spiro atoms. The zero-order chi connectivity index (χ0) is 16.9. The van der Waals surface area contributed by atoms with Gasteiger partial charge in [-0.15, -0.1) is 5.10 Å². The number of allylic oxidation sites excluding steroid dienone is 4. The number of hydrogen-bond acceptors (Lipinski definition) is 5. The fraction of sp³-hybridized carbons (Fsp3) is 0.474. The molecule has 25 heavy (non-hydrogen) atoms. The van der Waals surface area contributed by atoms with Gasteiger partial charge in [0.1, 0.15) is 5.82 Å². The number of fused-ring (bicyclic) bond motifs is 1. The molecule has 1 N–H and O–H groups in total. The fourth-order valence-electron chi connectivity index (χ4n) is 3.38. The van der Waals surface area contributed by atoms with Gasteiger partial charge in [0.25, 0.3) is 0 Å². The summed E-state index contributed by atoms with van der Waals surface area (Å²) in [6, 6.07) is 4.04. The van der Waals surface area contributed by atoms with Crippen LogP contribution in [-0.4, -0.2) is 58.9 Å². The predicted molar refractivity (Wildman–Crippen MR) is 99.0 cm³/mol. The largest absolute Gasteiger partial charge is 0.379 e. The number of nitrogens with zero attached hydrogens (tertiary/aromatic N) is 4. The molecule has 0 bridgehead atoms. The van der Waals surface area contributed by atoms with E-state index >= 15 is 0 Å². The van der Waals surface area contributed by atoms with Gasteiger partial charge in [-0.25, -0.2) is 9.50 Å². The molecule has 0 amide bonds. The summed E-state index contributed by atoms with van der Waals surface area (Å²) in [5.41, 5.74) is 2.05. The zero-order valence-corrected chi connectivity index (χ0v) is 14.5. The molecule has 4 rings (SSSR count). The van der Waals surface area contributed by atoms with E-state index < -0.39 is 0 Å². The lowest BCUT2D eigenvalue weighted by Gasteiger charge is -2.26. The number of anilines is 1. The molecule has 1 unspecified atom stereocenters. The normalized spacial score (nSPS) is 21.0. The van der Waals surface area contributed by atoms with E-state index in [0.717, 1.165) is 69.4 Å². The van der Waals surface area contributed by atoms with E-state index in [0.29, 0.717) is 5.92 Å². The second kappa shape index (κ2) is 7.80. The van der Waals surface area contributed by atoms with Crippen LogP contribution in [0.5, 0.6) is 0 Å². The average Bonchev–Trinajstić information content (AvgIpc) is 3.10. The Labute approximate surface area is 148 Å². The molecule has 1 saturated heterocycles. The maximum Gasteiger partial charge on any atom is 0.153 e. The minimum absolute atomic E-state index is 0.351. The number of imidazole rings is 1. The average molecular weight is 339 g/mol. The lowest BCUT2D eigenvalue weighted by Crippen LogP contribution is -2.37. The first kappa shape index (κ1) is 16.3. The molecule has 0 aromatic carbocycles. The minimum Gasteiger partial charge on any atom is -0.379 e. The monoisotopic (exact) mass is 339 g/mol. The van der Waals surface area contributed by atoms with Gasteiger partial charge in [0.05, 0.1) is 25.1 Å². The van der Waals surface area contributed by atoms with E-state index in [9.17, 15) is 0 Å². The maximum atomic E-state index is 5.38. The zero-order valence-electron chi connectivity index (χ0n) is 14.5. The molecule has 1 aliphatic heterocycles. The Morgan fingerprint density at radius 3 is 2.96 bits per heavy atom. The van der Waals surface area contributed by atoms with Gasteiger partial charge in [-0.05, 0) is 31.5 Å².